The Morgan fingerprint density at radius 2 is 2.43 bits per heavy atom. The highest BCUT2D eigenvalue weighted by molar-refractivity contribution is 6.64. The molecule has 0 aromatic heterocycles. The van der Waals surface area contributed by atoms with Gasteiger partial charge < -0.3 is 5.11 Å². The lowest BCUT2D eigenvalue weighted by Gasteiger charge is -1.95. The fourth-order valence-electron chi connectivity index (χ4n) is 0.160. The monoisotopic (exact) mass is 122 g/mol. The molecule has 0 radical (unpaired) electrons. The molecule has 0 saturated heterocycles. The number of halogens is 1. The molecule has 0 saturated carbocycles. The fourth-order valence-corrected chi connectivity index (χ4v) is 0.315. The van der Waals surface area contributed by atoms with Crippen LogP contribution in [0, 0.1) is 0 Å². The molecule has 0 heterocycles. The molecule has 0 aromatic carbocycles. The zero-order valence-corrected chi connectivity index (χ0v) is 4.77. The van der Waals surface area contributed by atoms with E-state index in [1.165, 1.54) is 0 Å². The SMILES string of the molecule is CCC(O)C(=O)Cl. The highest BCUT2D eigenvalue weighted by Crippen LogP contribution is 1.93. The van der Waals surface area contributed by atoms with E-state index >= 15 is 0 Å². The van der Waals surface area contributed by atoms with E-state index in [4.69, 9.17) is 16.7 Å². The molecule has 0 rings (SSSR count). The summed E-state index contributed by atoms with van der Waals surface area (Å²) in [5.74, 6) is 0. The number of carbonyl (C=O) groups is 1. The van der Waals surface area contributed by atoms with Crippen LogP contribution in [0.2, 0.25) is 0 Å². The Balaban J connectivity index is 3.34. The summed E-state index contributed by atoms with van der Waals surface area (Å²) in [7, 11) is 0. The van der Waals surface area contributed by atoms with Crippen molar-refractivity contribution in [3.63, 3.8) is 0 Å². The van der Waals surface area contributed by atoms with Crippen molar-refractivity contribution in [3.8, 4) is 0 Å². The van der Waals surface area contributed by atoms with Crippen LogP contribution in [0.15, 0.2) is 0 Å². The van der Waals surface area contributed by atoms with Crippen LogP contribution in [-0.2, 0) is 4.79 Å². The quantitative estimate of drug-likeness (QED) is 0.543. The molecule has 3 heteroatoms. The van der Waals surface area contributed by atoms with Gasteiger partial charge in [0.05, 0.1) is 0 Å². The van der Waals surface area contributed by atoms with Crippen LogP contribution in [0.5, 0.6) is 0 Å². The summed E-state index contributed by atoms with van der Waals surface area (Å²) in [5.41, 5.74) is 0. The zero-order chi connectivity index (χ0) is 5.86. The molecule has 0 aromatic rings. The molecule has 0 spiro atoms. The summed E-state index contributed by atoms with van der Waals surface area (Å²) in [4.78, 5) is 9.89. The van der Waals surface area contributed by atoms with E-state index in [1.807, 2.05) is 0 Å². The third kappa shape index (κ3) is 2.60. The van der Waals surface area contributed by atoms with Gasteiger partial charge in [0.25, 0.3) is 0 Å². The van der Waals surface area contributed by atoms with Crippen LogP contribution >= 0.6 is 11.6 Å². The van der Waals surface area contributed by atoms with Crippen molar-refractivity contribution in [1.29, 1.82) is 0 Å². The predicted octanol–water partition coefficient (Wildman–Crippen LogP) is 0.523. The van der Waals surface area contributed by atoms with Crippen molar-refractivity contribution in [2.45, 2.75) is 19.4 Å². The van der Waals surface area contributed by atoms with Crippen molar-refractivity contribution >= 4 is 16.8 Å². The molecule has 0 amide bonds. The van der Waals surface area contributed by atoms with E-state index < -0.39 is 11.3 Å². The molecular formula is C4H7ClO2. The molecule has 42 valence electrons. The summed E-state index contributed by atoms with van der Waals surface area (Å²) in [6.07, 6.45) is -0.579. The first-order valence-corrected chi connectivity index (χ1v) is 2.43. The molecule has 0 aliphatic carbocycles. The highest BCUT2D eigenvalue weighted by atomic mass is 35.5. The zero-order valence-electron chi connectivity index (χ0n) is 4.02. The standard InChI is InChI=1S/C4H7ClO2/c1-2-3(6)4(5)7/h3,6H,2H2,1H3. The van der Waals surface area contributed by atoms with Crippen LogP contribution < -0.4 is 0 Å². The number of rotatable bonds is 2. The molecule has 0 bridgehead atoms. The molecule has 1 N–H and O–H groups in total. The Kier molecular flexibility index (Phi) is 2.96. The average molecular weight is 123 g/mol. The van der Waals surface area contributed by atoms with Gasteiger partial charge in [0.2, 0.25) is 5.24 Å². The highest BCUT2D eigenvalue weighted by Gasteiger charge is 2.06. The summed E-state index contributed by atoms with van der Waals surface area (Å²) in [6, 6.07) is 0. The van der Waals surface area contributed by atoms with Gasteiger partial charge >= 0.3 is 0 Å². The van der Waals surface area contributed by atoms with E-state index in [0.29, 0.717) is 6.42 Å². The third-order valence-corrected chi connectivity index (χ3v) is 0.901. The van der Waals surface area contributed by atoms with E-state index in [-0.39, 0.29) is 0 Å². The lowest BCUT2D eigenvalue weighted by Crippen LogP contribution is -2.12. The predicted molar refractivity (Wildman–Crippen MR) is 27.2 cm³/mol. The Labute approximate surface area is 47.1 Å². The van der Waals surface area contributed by atoms with Gasteiger partial charge in [-0.1, -0.05) is 6.92 Å². The molecule has 0 aliphatic heterocycles. The molecule has 1 atom stereocenters. The van der Waals surface area contributed by atoms with Crippen molar-refractivity contribution in [1.82, 2.24) is 0 Å². The summed E-state index contributed by atoms with van der Waals surface area (Å²) < 4.78 is 0. The number of aliphatic hydroxyl groups is 1. The Bertz CT molecular complexity index is 72.1. The van der Waals surface area contributed by atoms with Crippen LogP contribution in [0.25, 0.3) is 0 Å². The van der Waals surface area contributed by atoms with E-state index in [0.717, 1.165) is 0 Å². The second kappa shape index (κ2) is 2.99. The third-order valence-electron chi connectivity index (χ3n) is 0.649. The number of hydrogen-bond acceptors (Lipinski definition) is 2. The van der Waals surface area contributed by atoms with E-state index in [9.17, 15) is 4.79 Å². The Hall–Kier alpha value is -0.0800. The maximum Gasteiger partial charge on any atom is 0.250 e. The van der Waals surface area contributed by atoms with Gasteiger partial charge in [0, 0.05) is 0 Å². The van der Waals surface area contributed by atoms with Gasteiger partial charge in [-0.2, -0.15) is 0 Å². The molecular weight excluding hydrogens is 115 g/mol. The summed E-state index contributed by atoms with van der Waals surface area (Å²) in [6.45, 7) is 1.69. The van der Waals surface area contributed by atoms with Crippen LogP contribution in [0.3, 0.4) is 0 Å². The molecule has 0 aliphatic rings. The average Bonchev–Trinajstić information content (AvgIpc) is 1.65. The normalized spacial score (nSPS) is 13.6. The lowest BCUT2D eigenvalue weighted by molar-refractivity contribution is -0.119. The molecule has 0 fully saturated rings. The summed E-state index contributed by atoms with van der Waals surface area (Å²) in [5, 5.41) is 7.78. The molecule has 2 nitrogen and oxygen atoms in total. The first-order chi connectivity index (χ1) is 3.18. The van der Waals surface area contributed by atoms with Crippen LogP contribution in [-0.4, -0.2) is 16.5 Å². The van der Waals surface area contributed by atoms with Crippen LogP contribution in [0.4, 0.5) is 0 Å². The second-order valence-corrected chi connectivity index (χ2v) is 1.60. The minimum Gasteiger partial charge on any atom is -0.384 e. The van der Waals surface area contributed by atoms with E-state index in [1.54, 1.807) is 6.92 Å². The minimum atomic E-state index is -0.971. The van der Waals surface area contributed by atoms with Crippen molar-refractivity contribution < 1.29 is 9.90 Å². The van der Waals surface area contributed by atoms with Gasteiger partial charge in [-0.15, -0.1) is 0 Å². The first-order valence-electron chi connectivity index (χ1n) is 2.06. The molecule has 7 heavy (non-hydrogen) atoms. The van der Waals surface area contributed by atoms with Gasteiger partial charge in [-0.05, 0) is 18.0 Å². The second-order valence-electron chi connectivity index (χ2n) is 1.23. The Morgan fingerprint density at radius 3 is 2.43 bits per heavy atom. The van der Waals surface area contributed by atoms with Crippen molar-refractivity contribution in [2.24, 2.45) is 0 Å². The number of hydrogen-bond donors (Lipinski definition) is 1. The summed E-state index contributed by atoms with van der Waals surface area (Å²) >= 11 is 4.84. The number of carbonyl (C=O) groups excluding carboxylic acids is 1. The lowest BCUT2D eigenvalue weighted by atomic mass is 10.3. The molecule has 1 unspecified atom stereocenters. The maximum absolute atomic E-state index is 9.89. The smallest absolute Gasteiger partial charge is 0.250 e. The van der Waals surface area contributed by atoms with Gasteiger partial charge in [0.15, 0.2) is 0 Å². The van der Waals surface area contributed by atoms with E-state index in [2.05, 4.69) is 0 Å². The first kappa shape index (κ1) is 6.92. The largest absolute Gasteiger partial charge is 0.384 e. The van der Waals surface area contributed by atoms with Crippen molar-refractivity contribution in [2.75, 3.05) is 0 Å². The van der Waals surface area contributed by atoms with Gasteiger partial charge in [0.1, 0.15) is 6.10 Å². The van der Waals surface area contributed by atoms with Crippen molar-refractivity contribution in [3.05, 3.63) is 0 Å². The fraction of sp³-hybridized carbons (Fsp3) is 0.750. The Morgan fingerprint density at radius 1 is 2.00 bits per heavy atom. The minimum absolute atomic E-state index is 0.391. The van der Waals surface area contributed by atoms with Crippen LogP contribution in [0.1, 0.15) is 13.3 Å². The topological polar surface area (TPSA) is 37.3 Å². The van der Waals surface area contributed by atoms with Gasteiger partial charge in [-0.3, -0.25) is 4.79 Å². The maximum atomic E-state index is 9.89. The number of aliphatic hydroxyl groups excluding tert-OH is 1. The van der Waals surface area contributed by atoms with Gasteiger partial charge in [-0.25, -0.2) is 0 Å².